The van der Waals surface area contributed by atoms with E-state index in [1.165, 1.54) is 0 Å². The minimum atomic E-state index is -0.879. The molecule has 6 nitrogen and oxygen atoms in total. The Kier molecular flexibility index (Phi) is 2.95. The molecule has 90 valence electrons. The summed E-state index contributed by atoms with van der Waals surface area (Å²) in [4.78, 5) is 15.3. The SMILES string of the molecule is CC(C)C(Nc1ccn2nccc2n1)C(=O)O. The smallest absolute Gasteiger partial charge is 0.326 e. The quantitative estimate of drug-likeness (QED) is 0.832. The molecule has 0 aliphatic rings. The van der Waals surface area contributed by atoms with Gasteiger partial charge in [0.2, 0.25) is 0 Å². The molecule has 0 saturated heterocycles. The van der Waals surface area contributed by atoms with Crippen molar-refractivity contribution in [3.8, 4) is 0 Å². The van der Waals surface area contributed by atoms with Gasteiger partial charge in [0.25, 0.3) is 0 Å². The van der Waals surface area contributed by atoms with Crippen LogP contribution < -0.4 is 5.32 Å². The fourth-order valence-electron chi connectivity index (χ4n) is 1.57. The van der Waals surface area contributed by atoms with Crippen molar-refractivity contribution in [3.05, 3.63) is 24.5 Å². The summed E-state index contributed by atoms with van der Waals surface area (Å²) < 4.78 is 1.62. The number of carboxylic acid groups (broad SMARTS) is 1. The predicted molar refractivity (Wildman–Crippen MR) is 62.9 cm³/mol. The third-order valence-corrected chi connectivity index (χ3v) is 2.49. The van der Waals surface area contributed by atoms with E-state index in [0.29, 0.717) is 11.5 Å². The molecule has 2 heterocycles. The Bertz CT molecular complexity index is 535. The molecule has 0 aromatic carbocycles. The van der Waals surface area contributed by atoms with Crippen LogP contribution in [0.1, 0.15) is 13.8 Å². The molecule has 17 heavy (non-hydrogen) atoms. The lowest BCUT2D eigenvalue weighted by Crippen LogP contribution is -2.34. The second-order valence-corrected chi connectivity index (χ2v) is 4.15. The number of carboxylic acids is 1. The molecule has 1 unspecified atom stereocenters. The first-order valence-corrected chi connectivity index (χ1v) is 5.37. The summed E-state index contributed by atoms with van der Waals surface area (Å²) in [5.41, 5.74) is 0.683. The molecule has 0 fully saturated rings. The minimum absolute atomic E-state index is 0.0181. The van der Waals surface area contributed by atoms with Crippen LogP contribution in [0, 0.1) is 5.92 Å². The first kappa shape index (κ1) is 11.4. The Balaban J connectivity index is 2.24. The molecule has 0 spiro atoms. The minimum Gasteiger partial charge on any atom is -0.480 e. The molecule has 2 aromatic rings. The maximum Gasteiger partial charge on any atom is 0.326 e. The summed E-state index contributed by atoms with van der Waals surface area (Å²) in [6.07, 6.45) is 3.38. The Morgan fingerprint density at radius 1 is 1.47 bits per heavy atom. The van der Waals surface area contributed by atoms with E-state index < -0.39 is 12.0 Å². The van der Waals surface area contributed by atoms with Crippen LogP contribution in [0.3, 0.4) is 0 Å². The van der Waals surface area contributed by atoms with Crippen molar-refractivity contribution in [2.45, 2.75) is 19.9 Å². The van der Waals surface area contributed by atoms with E-state index in [9.17, 15) is 4.79 Å². The first-order chi connectivity index (χ1) is 8.08. The average Bonchev–Trinajstić information content (AvgIpc) is 2.71. The molecule has 0 amide bonds. The monoisotopic (exact) mass is 234 g/mol. The van der Waals surface area contributed by atoms with Gasteiger partial charge in [-0.25, -0.2) is 14.3 Å². The van der Waals surface area contributed by atoms with Crippen LogP contribution in [0.4, 0.5) is 5.82 Å². The number of aliphatic carboxylic acids is 1. The van der Waals surface area contributed by atoms with Crippen molar-refractivity contribution in [1.82, 2.24) is 14.6 Å². The second-order valence-electron chi connectivity index (χ2n) is 4.15. The van der Waals surface area contributed by atoms with E-state index in [2.05, 4.69) is 15.4 Å². The van der Waals surface area contributed by atoms with Crippen LogP contribution in [0.25, 0.3) is 5.65 Å². The summed E-state index contributed by atoms with van der Waals surface area (Å²) in [7, 11) is 0. The number of carbonyl (C=O) groups is 1. The highest BCUT2D eigenvalue weighted by Crippen LogP contribution is 2.11. The Labute approximate surface area is 98.3 Å². The van der Waals surface area contributed by atoms with Crippen LogP contribution in [0.15, 0.2) is 24.5 Å². The normalized spacial score (nSPS) is 12.9. The highest BCUT2D eigenvalue weighted by Gasteiger charge is 2.21. The van der Waals surface area contributed by atoms with Crippen LogP contribution in [0.2, 0.25) is 0 Å². The van der Waals surface area contributed by atoms with Gasteiger partial charge in [-0.05, 0) is 12.0 Å². The van der Waals surface area contributed by atoms with E-state index in [4.69, 9.17) is 5.11 Å². The average molecular weight is 234 g/mol. The molecule has 2 aromatic heterocycles. The fourth-order valence-corrected chi connectivity index (χ4v) is 1.57. The third-order valence-electron chi connectivity index (χ3n) is 2.49. The summed E-state index contributed by atoms with van der Waals surface area (Å²) in [6.45, 7) is 3.70. The lowest BCUT2D eigenvalue weighted by molar-refractivity contribution is -0.138. The number of aromatic nitrogens is 3. The Morgan fingerprint density at radius 3 is 2.88 bits per heavy atom. The van der Waals surface area contributed by atoms with Gasteiger partial charge < -0.3 is 10.4 Å². The topological polar surface area (TPSA) is 79.5 Å². The van der Waals surface area contributed by atoms with E-state index in [1.54, 1.807) is 29.0 Å². The van der Waals surface area contributed by atoms with Crippen LogP contribution in [-0.4, -0.2) is 31.7 Å². The van der Waals surface area contributed by atoms with Crippen LogP contribution in [0.5, 0.6) is 0 Å². The molecule has 1 atom stereocenters. The number of anilines is 1. The maximum atomic E-state index is 11.1. The molecule has 0 aliphatic carbocycles. The van der Waals surface area contributed by atoms with Crippen molar-refractivity contribution in [1.29, 1.82) is 0 Å². The largest absolute Gasteiger partial charge is 0.480 e. The van der Waals surface area contributed by atoms with E-state index in [0.717, 1.165) is 0 Å². The fraction of sp³-hybridized carbons (Fsp3) is 0.364. The van der Waals surface area contributed by atoms with Gasteiger partial charge in [-0.2, -0.15) is 5.10 Å². The molecule has 2 rings (SSSR count). The lowest BCUT2D eigenvalue weighted by Gasteiger charge is -2.18. The number of hydrogen-bond donors (Lipinski definition) is 2. The second kappa shape index (κ2) is 4.40. The Hall–Kier alpha value is -2.11. The van der Waals surface area contributed by atoms with Crippen molar-refractivity contribution in [2.75, 3.05) is 5.32 Å². The zero-order chi connectivity index (χ0) is 12.4. The highest BCUT2D eigenvalue weighted by molar-refractivity contribution is 5.77. The Morgan fingerprint density at radius 2 is 2.24 bits per heavy atom. The van der Waals surface area contributed by atoms with Gasteiger partial charge in [-0.15, -0.1) is 0 Å². The number of nitrogens with zero attached hydrogens (tertiary/aromatic N) is 3. The van der Waals surface area contributed by atoms with Gasteiger partial charge in [0.1, 0.15) is 11.9 Å². The number of hydrogen-bond acceptors (Lipinski definition) is 4. The molecule has 0 aliphatic heterocycles. The van der Waals surface area contributed by atoms with Gasteiger partial charge in [-0.1, -0.05) is 13.8 Å². The summed E-state index contributed by atoms with van der Waals surface area (Å²) >= 11 is 0. The molecule has 0 bridgehead atoms. The molecular formula is C11H14N4O2. The zero-order valence-corrected chi connectivity index (χ0v) is 9.66. The van der Waals surface area contributed by atoms with E-state index in [-0.39, 0.29) is 5.92 Å². The number of nitrogens with one attached hydrogen (secondary N) is 1. The van der Waals surface area contributed by atoms with Crippen molar-refractivity contribution < 1.29 is 9.90 Å². The summed E-state index contributed by atoms with van der Waals surface area (Å²) in [5.74, 6) is -0.357. The number of fused-ring (bicyclic) bond motifs is 1. The number of rotatable bonds is 4. The summed E-state index contributed by atoms with van der Waals surface area (Å²) in [6, 6.07) is 2.82. The lowest BCUT2D eigenvalue weighted by atomic mass is 10.1. The van der Waals surface area contributed by atoms with Crippen LogP contribution in [-0.2, 0) is 4.79 Å². The molecule has 0 saturated carbocycles. The van der Waals surface area contributed by atoms with Gasteiger partial charge in [0, 0.05) is 12.3 Å². The predicted octanol–water partition coefficient (Wildman–Crippen LogP) is 1.25. The van der Waals surface area contributed by atoms with Crippen molar-refractivity contribution in [3.63, 3.8) is 0 Å². The van der Waals surface area contributed by atoms with E-state index >= 15 is 0 Å². The van der Waals surface area contributed by atoms with Gasteiger partial charge >= 0.3 is 5.97 Å². The van der Waals surface area contributed by atoms with Crippen molar-refractivity contribution >= 4 is 17.4 Å². The van der Waals surface area contributed by atoms with Gasteiger partial charge in [-0.3, -0.25) is 0 Å². The molecule has 0 radical (unpaired) electrons. The molecule has 2 N–H and O–H groups in total. The molecular weight excluding hydrogens is 220 g/mol. The van der Waals surface area contributed by atoms with E-state index in [1.807, 2.05) is 13.8 Å². The van der Waals surface area contributed by atoms with Crippen LogP contribution >= 0.6 is 0 Å². The van der Waals surface area contributed by atoms with Crippen molar-refractivity contribution in [2.24, 2.45) is 5.92 Å². The summed E-state index contributed by atoms with van der Waals surface area (Å²) in [5, 5.41) is 16.0. The van der Waals surface area contributed by atoms with Gasteiger partial charge in [0.15, 0.2) is 5.65 Å². The zero-order valence-electron chi connectivity index (χ0n) is 9.66. The third kappa shape index (κ3) is 2.35. The highest BCUT2D eigenvalue weighted by atomic mass is 16.4. The molecule has 6 heteroatoms. The standard InChI is InChI=1S/C11H14N4O2/c1-7(2)10(11(16)17)14-8-4-6-15-9(13-8)3-5-12-15/h3-7,10H,1-2H3,(H,13,14)(H,16,17). The maximum absolute atomic E-state index is 11.1. The first-order valence-electron chi connectivity index (χ1n) is 5.37. The van der Waals surface area contributed by atoms with Gasteiger partial charge in [0.05, 0.1) is 6.20 Å².